The number of rotatable bonds is 10. The third kappa shape index (κ3) is 9.91. The predicted molar refractivity (Wildman–Crippen MR) is 234 cm³/mol. The number of aromatic nitrogens is 6. The van der Waals surface area contributed by atoms with Gasteiger partial charge in [0.25, 0.3) is 0 Å². The van der Waals surface area contributed by atoms with Gasteiger partial charge in [-0.2, -0.15) is 36.5 Å². The van der Waals surface area contributed by atoms with Crippen LogP contribution in [0.4, 0.5) is 37.7 Å². The average Bonchev–Trinajstić information content (AvgIpc) is 4.23. The SMILES string of the molecule is CC(C(=O)Nc1ccc(-n2nc(C(F)(F)F)cc2C2CC2)cc1)c1ccc2ncccc2c1.O=C(Cc1ccc2ncccc2c1)Nc1ccc(-n2nc(C(F)(F)F)cc2C2CC2)cc1. The first-order valence-electron chi connectivity index (χ1n) is 21.0. The summed E-state index contributed by atoms with van der Waals surface area (Å²) in [5.74, 6) is -0.543. The lowest BCUT2D eigenvalue weighted by atomic mass is 9.98. The number of nitrogens with one attached hydrogen (secondary N) is 2. The molecule has 2 fully saturated rings. The van der Waals surface area contributed by atoms with E-state index in [0.29, 0.717) is 34.1 Å². The van der Waals surface area contributed by atoms with E-state index in [1.54, 1.807) is 60.9 Å². The molecule has 8 aromatic rings. The highest BCUT2D eigenvalue weighted by Crippen LogP contribution is 2.44. The lowest BCUT2D eigenvalue weighted by molar-refractivity contribution is -0.142. The minimum absolute atomic E-state index is 0.103. The van der Waals surface area contributed by atoms with Gasteiger partial charge in [0.15, 0.2) is 11.4 Å². The minimum atomic E-state index is -4.49. The summed E-state index contributed by atoms with van der Waals surface area (Å²) in [4.78, 5) is 33.8. The molecule has 10 rings (SSSR count). The lowest BCUT2D eigenvalue weighted by Gasteiger charge is -2.14. The quantitative estimate of drug-likeness (QED) is 0.132. The van der Waals surface area contributed by atoms with Gasteiger partial charge in [0.1, 0.15) is 0 Å². The zero-order chi connectivity index (χ0) is 45.5. The second-order valence-corrected chi connectivity index (χ2v) is 16.3. The predicted octanol–water partition coefficient (Wildman–Crippen LogP) is 11.6. The number of anilines is 2. The minimum Gasteiger partial charge on any atom is -0.326 e. The van der Waals surface area contributed by atoms with E-state index in [0.717, 1.165) is 70.7 Å². The molecular weight excluding hydrogens is 847 g/mol. The molecule has 4 aromatic carbocycles. The van der Waals surface area contributed by atoms with Gasteiger partial charge in [0.05, 0.1) is 34.7 Å². The molecule has 2 saturated carbocycles. The van der Waals surface area contributed by atoms with Gasteiger partial charge in [0, 0.05) is 57.8 Å². The molecule has 2 aliphatic carbocycles. The third-order valence-electron chi connectivity index (χ3n) is 11.4. The second kappa shape index (κ2) is 17.3. The van der Waals surface area contributed by atoms with Crippen LogP contribution < -0.4 is 10.6 Å². The summed E-state index contributed by atoms with van der Waals surface area (Å²) in [6.07, 6.45) is -1.88. The van der Waals surface area contributed by atoms with Crippen molar-refractivity contribution >= 4 is 45.0 Å². The molecule has 330 valence electrons. The number of hydrogen-bond donors (Lipinski definition) is 2. The van der Waals surface area contributed by atoms with E-state index < -0.39 is 29.7 Å². The van der Waals surface area contributed by atoms with E-state index in [2.05, 4.69) is 30.8 Å². The molecule has 1 unspecified atom stereocenters. The van der Waals surface area contributed by atoms with Gasteiger partial charge in [-0.1, -0.05) is 24.3 Å². The number of carbonyl (C=O) groups is 2. The maximum Gasteiger partial charge on any atom is 0.435 e. The zero-order valence-corrected chi connectivity index (χ0v) is 34.7. The van der Waals surface area contributed by atoms with Crippen LogP contribution in [0.1, 0.15) is 84.3 Å². The van der Waals surface area contributed by atoms with Gasteiger partial charge in [-0.15, -0.1) is 0 Å². The Labute approximate surface area is 368 Å². The van der Waals surface area contributed by atoms with Crippen molar-refractivity contribution in [3.63, 3.8) is 0 Å². The number of amides is 2. The molecule has 0 saturated heterocycles. The summed E-state index contributed by atoms with van der Waals surface area (Å²) < 4.78 is 81.6. The molecule has 2 N–H and O–H groups in total. The summed E-state index contributed by atoms with van der Waals surface area (Å²) in [6, 6.07) is 34.6. The van der Waals surface area contributed by atoms with Crippen LogP contribution in [0.15, 0.2) is 134 Å². The van der Waals surface area contributed by atoms with Gasteiger partial charge in [0.2, 0.25) is 11.8 Å². The number of halogens is 6. The van der Waals surface area contributed by atoms with E-state index in [1.165, 1.54) is 9.36 Å². The molecule has 2 amide bonds. The van der Waals surface area contributed by atoms with Crippen molar-refractivity contribution in [2.75, 3.05) is 10.6 Å². The van der Waals surface area contributed by atoms with E-state index in [-0.39, 0.29) is 30.1 Å². The monoisotopic (exact) mass is 886 g/mol. The fourth-order valence-corrected chi connectivity index (χ4v) is 7.58. The van der Waals surface area contributed by atoms with Crippen molar-refractivity contribution in [2.24, 2.45) is 0 Å². The Kier molecular flexibility index (Phi) is 11.4. The van der Waals surface area contributed by atoms with Crippen LogP contribution in [0.2, 0.25) is 0 Å². The summed E-state index contributed by atoms with van der Waals surface area (Å²) >= 11 is 0. The molecular formula is C49H40F6N8O2. The molecule has 4 aromatic heterocycles. The number of fused-ring (bicyclic) bond motifs is 2. The molecule has 0 bridgehead atoms. The van der Waals surface area contributed by atoms with Crippen molar-refractivity contribution in [1.82, 2.24) is 29.5 Å². The van der Waals surface area contributed by atoms with Crippen LogP contribution >= 0.6 is 0 Å². The highest BCUT2D eigenvalue weighted by Gasteiger charge is 2.39. The number of hydrogen-bond acceptors (Lipinski definition) is 6. The first-order chi connectivity index (χ1) is 31.2. The van der Waals surface area contributed by atoms with Crippen LogP contribution in [-0.2, 0) is 28.4 Å². The largest absolute Gasteiger partial charge is 0.435 e. The highest BCUT2D eigenvalue weighted by atomic mass is 19.4. The number of carbonyl (C=O) groups excluding carboxylic acids is 2. The first-order valence-corrected chi connectivity index (χ1v) is 21.0. The fraction of sp³-hybridized carbons (Fsp3) is 0.224. The maximum atomic E-state index is 13.2. The molecule has 65 heavy (non-hydrogen) atoms. The fourth-order valence-electron chi connectivity index (χ4n) is 7.58. The Balaban J connectivity index is 0.000000164. The number of alkyl halides is 6. The first kappa shape index (κ1) is 42.9. The van der Waals surface area contributed by atoms with Crippen LogP contribution in [-0.4, -0.2) is 41.3 Å². The smallest absolute Gasteiger partial charge is 0.326 e. The molecule has 2 aliphatic rings. The molecule has 1 atom stereocenters. The number of pyridine rings is 2. The van der Waals surface area contributed by atoms with Crippen molar-refractivity contribution in [1.29, 1.82) is 0 Å². The molecule has 16 heteroatoms. The van der Waals surface area contributed by atoms with Gasteiger partial charge in [-0.05, 0) is 141 Å². The Morgan fingerprint density at radius 1 is 0.615 bits per heavy atom. The van der Waals surface area contributed by atoms with Crippen LogP contribution in [0.5, 0.6) is 0 Å². The summed E-state index contributed by atoms with van der Waals surface area (Å²) in [7, 11) is 0. The summed E-state index contributed by atoms with van der Waals surface area (Å²) in [6.45, 7) is 1.82. The Morgan fingerprint density at radius 3 is 1.58 bits per heavy atom. The second-order valence-electron chi connectivity index (χ2n) is 16.3. The van der Waals surface area contributed by atoms with E-state index in [9.17, 15) is 35.9 Å². The number of benzene rings is 4. The van der Waals surface area contributed by atoms with Gasteiger partial charge >= 0.3 is 12.4 Å². The van der Waals surface area contributed by atoms with Crippen LogP contribution in [0.3, 0.4) is 0 Å². The van der Waals surface area contributed by atoms with E-state index in [4.69, 9.17) is 0 Å². The maximum absolute atomic E-state index is 13.2. The van der Waals surface area contributed by atoms with Gasteiger partial charge in [-0.3, -0.25) is 19.6 Å². The summed E-state index contributed by atoms with van der Waals surface area (Å²) in [5.41, 5.74) is 5.02. The molecule has 0 radical (unpaired) electrons. The van der Waals surface area contributed by atoms with Gasteiger partial charge < -0.3 is 10.6 Å². The lowest BCUT2D eigenvalue weighted by Crippen LogP contribution is -2.18. The average molecular weight is 887 g/mol. The Bertz CT molecular complexity index is 3020. The summed E-state index contributed by atoms with van der Waals surface area (Å²) in [5, 5.41) is 15.2. The Morgan fingerprint density at radius 2 is 1.09 bits per heavy atom. The molecule has 10 nitrogen and oxygen atoms in total. The molecule has 0 spiro atoms. The normalized spacial score (nSPS) is 14.4. The third-order valence-corrected chi connectivity index (χ3v) is 11.4. The standard InChI is InChI=1S/C25H21F3N4O.C24H19F3N4O/c1-15(17-6-11-21-18(13-17)3-2-12-29-21)24(33)30-19-7-9-20(10-8-19)32-22(16-4-5-16)14-23(31-32)25(26,27)28;25-24(26,27)22-14-21(16-4-5-16)31(30-22)19-8-6-18(7-9-19)29-23(32)13-15-3-10-20-17(12-15)2-1-11-28-20/h2-3,6-16H,4-5H2,1H3,(H,30,33);1-3,6-12,14,16H,4-5,13H2,(H,29,32). The highest BCUT2D eigenvalue weighted by molar-refractivity contribution is 5.96. The van der Waals surface area contributed by atoms with Crippen LogP contribution in [0.25, 0.3) is 33.2 Å². The van der Waals surface area contributed by atoms with E-state index in [1.807, 2.05) is 67.6 Å². The van der Waals surface area contributed by atoms with Crippen LogP contribution in [0, 0.1) is 0 Å². The van der Waals surface area contributed by atoms with Crippen molar-refractivity contribution in [2.45, 2.75) is 69.1 Å². The van der Waals surface area contributed by atoms with Crippen molar-refractivity contribution < 1.29 is 35.9 Å². The Hall–Kier alpha value is -7.36. The topological polar surface area (TPSA) is 120 Å². The molecule has 0 aliphatic heterocycles. The van der Waals surface area contributed by atoms with Gasteiger partial charge in [-0.25, -0.2) is 9.36 Å². The zero-order valence-electron chi connectivity index (χ0n) is 34.7. The molecule has 4 heterocycles. The number of nitrogens with zero attached hydrogens (tertiary/aromatic N) is 6. The van der Waals surface area contributed by atoms with E-state index >= 15 is 0 Å². The van der Waals surface area contributed by atoms with Crippen molar-refractivity contribution in [3.8, 4) is 11.4 Å². The van der Waals surface area contributed by atoms with Crippen molar-refractivity contribution in [3.05, 3.63) is 168 Å².